The summed E-state index contributed by atoms with van der Waals surface area (Å²) >= 11 is 0. The van der Waals surface area contributed by atoms with Crippen molar-refractivity contribution in [3.05, 3.63) is 65.2 Å². The molecule has 0 bridgehead atoms. The van der Waals surface area contributed by atoms with Crippen molar-refractivity contribution in [2.45, 2.75) is 24.2 Å². The number of aliphatic carboxylic acids is 1. The lowest BCUT2D eigenvalue weighted by Crippen LogP contribution is -2.31. The number of hydrogen-bond acceptors (Lipinski definition) is 4. The molecule has 0 saturated heterocycles. The van der Waals surface area contributed by atoms with Crippen molar-refractivity contribution in [1.29, 1.82) is 0 Å². The standard InChI is InChI=1S/C19H21NO5S/c1-3-13-9-10-15(11-17(13)26(2,24)25)18(21)20-12-16(19(22)23)14-7-5-4-6-8-14/h4-11,16H,3,12H2,1-2H3,(H,20,21)(H,22,23). The molecule has 1 amide bonds. The number of carbonyl (C=O) groups is 2. The number of nitrogens with one attached hydrogen (secondary N) is 1. The third kappa shape index (κ3) is 4.70. The second-order valence-electron chi connectivity index (χ2n) is 5.96. The van der Waals surface area contributed by atoms with Crippen molar-refractivity contribution < 1.29 is 23.1 Å². The van der Waals surface area contributed by atoms with Crippen molar-refractivity contribution in [2.75, 3.05) is 12.8 Å². The molecule has 2 aromatic carbocycles. The van der Waals surface area contributed by atoms with Crippen LogP contribution in [0, 0.1) is 0 Å². The molecular formula is C19H21NO5S. The Morgan fingerprint density at radius 2 is 1.77 bits per heavy atom. The van der Waals surface area contributed by atoms with Crippen LogP contribution in [0.2, 0.25) is 0 Å². The summed E-state index contributed by atoms with van der Waals surface area (Å²) in [5.41, 5.74) is 1.40. The average molecular weight is 375 g/mol. The summed E-state index contributed by atoms with van der Waals surface area (Å²) in [7, 11) is -3.46. The first-order valence-electron chi connectivity index (χ1n) is 8.13. The van der Waals surface area contributed by atoms with E-state index in [0.717, 1.165) is 6.26 Å². The van der Waals surface area contributed by atoms with Crippen molar-refractivity contribution >= 4 is 21.7 Å². The first-order chi connectivity index (χ1) is 12.2. The van der Waals surface area contributed by atoms with Gasteiger partial charge < -0.3 is 10.4 Å². The Morgan fingerprint density at radius 1 is 1.12 bits per heavy atom. The van der Waals surface area contributed by atoms with E-state index in [4.69, 9.17) is 0 Å². The van der Waals surface area contributed by atoms with Gasteiger partial charge in [0, 0.05) is 18.4 Å². The highest BCUT2D eigenvalue weighted by atomic mass is 32.2. The molecule has 0 radical (unpaired) electrons. The minimum Gasteiger partial charge on any atom is -0.481 e. The summed E-state index contributed by atoms with van der Waals surface area (Å²) in [4.78, 5) is 24.0. The molecule has 0 aliphatic rings. The molecule has 0 heterocycles. The molecule has 0 aliphatic carbocycles. The van der Waals surface area contributed by atoms with Crippen molar-refractivity contribution in [1.82, 2.24) is 5.32 Å². The first kappa shape index (κ1) is 19.7. The highest BCUT2D eigenvalue weighted by Crippen LogP contribution is 2.19. The van der Waals surface area contributed by atoms with E-state index in [1.807, 2.05) is 6.92 Å². The first-order valence-corrected chi connectivity index (χ1v) is 10.0. The van der Waals surface area contributed by atoms with E-state index in [-0.39, 0.29) is 17.0 Å². The van der Waals surface area contributed by atoms with Crippen LogP contribution < -0.4 is 5.32 Å². The summed E-state index contributed by atoms with van der Waals surface area (Å²) in [6.07, 6.45) is 1.62. The summed E-state index contributed by atoms with van der Waals surface area (Å²) in [5.74, 6) is -2.45. The molecule has 2 rings (SSSR count). The van der Waals surface area contributed by atoms with E-state index in [9.17, 15) is 23.1 Å². The lowest BCUT2D eigenvalue weighted by atomic mass is 9.99. The molecule has 6 nitrogen and oxygen atoms in total. The second kappa shape index (κ2) is 8.14. The molecule has 1 atom stereocenters. The molecule has 0 spiro atoms. The van der Waals surface area contributed by atoms with Gasteiger partial charge in [0.1, 0.15) is 0 Å². The molecule has 2 aromatic rings. The maximum absolute atomic E-state index is 12.4. The van der Waals surface area contributed by atoms with E-state index in [1.165, 1.54) is 6.07 Å². The van der Waals surface area contributed by atoms with Crippen LogP contribution in [-0.2, 0) is 21.1 Å². The maximum atomic E-state index is 12.4. The van der Waals surface area contributed by atoms with Gasteiger partial charge in [0.05, 0.1) is 10.8 Å². The van der Waals surface area contributed by atoms with Gasteiger partial charge in [-0.3, -0.25) is 9.59 Å². The van der Waals surface area contributed by atoms with Crippen molar-refractivity contribution in [2.24, 2.45) is 0 Å². The van der Waals surface area contributed by atoms with Gasteiger partial charge in [-0.05, 0) is 29.7 Å². The van der Waals surface area contributed by atoms with Crippen LogP contribution in [0.15, 0.2) is 53.4 Å². The Hall–Kier alpha value is -2.67. The fourth-order valence-electron chi connectivity index (χ4n) is 2.66. The predicted octanol–water partition coefficient (Wildman–Crippen LogP) is 2.25. The number of amides is 1. The Bertz CT molecular complexity index is 907. The van der Waals surface area contributed by atoms with E-state index in [1.54, 1.807) is 42.5 Å². The van der Waals surface area contributed by atoms with Crippen LogP contribution in [0.4, 0.5) is 0 Å². The number of hydrogen-bond donors (Lipinski definition) is 2. The quantitative estimate of drug-likeness (QED) is 0.773. The average Bonchev–Trinajstić information content (AvgIpc) is 2.61. The molecule has 1 unspecified atom stereocenters. The number of carbonyl (C=O) groups excluding carboxylic acids is 1. The van der Waals surface area contributed by atoms with Crippen LogP contribution in [0.3, 0.4) is 0 Å². The molecule has 26 heavy (non-hydrogen) atoms. The highest BCUT2D eigenvalue weighted by Gasteiger charge is 2.21. The minimum absolute atomic E-state index is 0.0953. The summed E-state index contributed by atoms with van der Waals surface area (Å²) in [6, 6.07) is 13.1. The smallest absolute Gasteiger partial charge is 0.312 e. The van der Waals surface area contributed by atoms with E-state index in [0.29, 0.717) is 17.5 Å². The number of benzene rings is 2. The lowest BCUT2D eigenvalue weighted by molar-refractivity contribution is -0.138. The fourth-order valence-corrected chi connectivity index (χ4v) is 3.69. The topological polar surface area (TPSA) is 101 Å². The van der Waals surface area contributed by atoms with Crippen LogP contribution in [0.25, 0.3) is 0 Å². The Labute approximate surface area is 152 Å². The van der Waals surface area contributed by atoms with Crippen molar-refractivity contribution in [3.63, 3.8) is 0 Å². The van der Waals surface area contributed by atoms with Gasteiger partial charge in [-0.1, -0.05) is 43.3 Å². The summed E-state index contributed by atoms with van der Waals surface area (Å²) in [6.45, 7) is 1.74. The zero-order chi connectivity index (χ0) is 19.3. The number of sulfone groups is 1. The highest BCUT2D eigenvalue weighted by molar-refractivity contribution is 7.90. The van der Waals surface area contributed by atoms with Crippen molar-refractivity contribution in [3.8, 4) is 0 Å². The Morgan fingerprint density at radius 3 is 2.31 bits per heavy atom. The van der Waals surface area contributed by atoms with Gasteiger partial charge in [-0.2, -0.15) is 0 Å². The number of carboxylic acid groups (broad SMARTS) is 1. The maximum Gasteiger partial charge on any atom is 0.312 e. The normalized spacial score (nSPS) is 12.4. The van der Waals surface area contributed by atoms with Crippen LogP contribution in [-0.4, -0.2) is 38.2 Å². The summed E-state index contributed by atoms with van der Waals surface area (Å²) in [5, 5.41) is 12.0. The largest absolute Gasteiger partial charge is 0.481 e. The Balaban J connectivity index is 2.21. The number of aryl methyl sites for hydroxylation is 1. The number of carboxylic acids is 1. The SMILES string of the molecule is CCc1ccc(C(=O)NCC(C(=O)O)c2ccccc2)cc1S(C)(=O)=O. The molecule has 2 N–H and O–H groups in total. The number of rotatable bonds is 7. The molecule has 0 fully saturated rings. The van der Waals surface area contributed by atoms with Crippen LogP contribution in [0.5, 0.6) is 0 Å². The third-order valence-corrected chi connectivity index (χ3v) is 5.26. The van der Waals surface area contributed by atoms with Gasteiger partial charge in [0.2, 0.25) is 0 Å². The molecular weight excluding hydrogens is 354 g/mol. The molecule has 7 heteroatoms. The minimum atomic E-state index is -3.46. The van der Waals surface area contributed by atoms with Gasteiger partial charge in [-0.25, -0.2) is 8.42 Å². The third-order valence-electron chi connectivity index (χ3n) is 4.08. The fraction of sp³-hybridized carbons (Fsp3) is 0.263. The van der Waals surface area contributed by atoms with Crippen LogP contribution in [0.1, 0.15) is 34.3 Å². The zero-order valence-corrected chi connectivity index (χ0v) is 15.4. The van der Waals surface area contributed by atoms with Gasteiger partial charge in [0.25, 0.3) is 5.91 Å². The van der Waals surface area contributed by atoms with E-state index < -0.39 is 27.6 Å². The zero-order valence-electron chi connectivity index (χ0n) is 14.6. The molecule has 0 aliphatic heterocycles. The summed E-state index contributed by atoms with van der Waals surface area (Å²) < 4.78 is 23.8. The predicted molar refractivity (Wildman–Crippen MR) is 98.1 cm³/mol. The Kier molecular flexibility index (Phi) is 6.15. The van der Waals surface area contributed by atoms with E-state index in [2.05, 4.69) is 5.32 Å². The van der Waals surface area contributed by atoms with E-state index >= 15 is 0 Å². The molecule has 0 aromatic heterocycles. The lowest BCUT2D eigenvalue weighted by Gasteiger charge is -2.14. The second-order valence-corrected chi connectivity index (χ2v) is 7.94. The monoisotopic (exact) mass is 375 g/mol. The van der Waals surface area contributed by atoms with Gasteiger partial charge in [0.15, 0.2) is 9.84 Å². The molecule has 0 saturated carbocycles. The molecule has 138 valence electrons. The van der Waals surface area contributed by atoms with Gasteiger partial charge >= 0.3 is 5.97 Å². The van der Waals surface area contributed by atoms with Gasteiger partial charge in [-0.15, -0.1) is 0 Å². The van der Waals surface area contributed by atoms with Crippen LogP contribution >= 0.6 is 0 Å².